The number of hydrogen-bond acceptors (Lipinski definition) is 3. The average molecular weight is 249 g/mol. The van der Waals surface area contributed by atoms with E-state index in [2.05, 4.69) is 15.3 Å². The summed E-state index contributed by atoms with van der Waals surface area (Å²) in [7, 11) is 0. The van der Waals surface area contributed by atoms with E-state index in [0.29, 0.717) is 6.42 Å². The van der Waals surface area contributed by atoms with Gasteiger partial charge in [-0.2, -0.15) is 13.2 Å². The first kappa shape index (κ1) is 12.1. The van der Waals surface area contributed by atoms with Crippen molar-refractivity contribution in [2.24, 2.45) is 0 Å². The van der Waals surface area contributed by atoms with E-state index >= 15 is 0 Å². The lowest BCUT2D eigenvalue weighted by Crippen LogP contribution is -2.39. The first-order valence-corrected chi connectivity index (χ1v) is 5.24. The molecule has 2 rings (SSSR count). The second-order valence-electron chi connectivity index (χ2n) is 4.04. The van der Waals surface area contributed by atoms with Gasteiger partial charge in [0.1, 0.15) is 11.9 Å². The molecule has 1 aromatic heterocycles. The van der Waals surface area contributed by atoms with Gasteiger partial charge in [0.05, 0.1) is 5.69 Å². The maximum absolute atomic E-state index is 13.7. The van der Waals surface area contributed by atoms with Gasteiger partial charge in [-0.15, -0.1) is 0 Å². The molecule has 1 aliphatic rings. The van der Waals surface area contributed by atoms with Crippen LogP contribution in [0.15, 0.2) is 6.33 Å². The summed E-state index contributed by atoms with van der Waals surface area (Å²) in [6, 6.07) is 0. The minimum Gasteiger partial charge on any atom is -0.354 e. The number of aryl methyl sites for hydroxylation is 1. The predicted octanol–water partition coefficient (Wildman–Crippen LogP) is 2.68. The first-order chi connectivity index (χ1) is 7.89. The minimum atomic E-state index is -4.39. The Bertz CT molecular complexity index is 426. The monoisotopic (exact) mass is 249 g/mol. The zero-order valence-electron chi connectivity index (χ0n) is 9.10. The lowest BCUT2D eigenvalue weighted by molar-refractivity contribution is -0.151. The molecule has 0 saturated heterocycles. The van der Waals surface area contributed by atoms with E-state index in [-0.39, 0.29) is 24.4 Å². The van der Waals surface area contributed by atoms with Crippen LogP contribution in [0.2, 0.25) is 0 Å². The quantitative estimate of drug-likeness (QED) is 0.837. The molecule has 17 heavy (non-hydrogen) atoms. The van der Waals surface area contributed by atoms with Crippen LogP contribution >= 0.6 is 0 Å². The van der Waals surface area contributed by atoms with Crippen LogP contribution in [0.25, 0.3) is 0 Å². The van der Waals surface area contributed by atoms with Crippen LogP contribution in [0.3, 0.4) is 0 Å². The minimum absolute atomic E-state index is 0.0542. The summed E-state index contributed by atoms with van der Waals surface area (Å²) in [6.45, 7) is 1.67. The summed E-state index contributed by atoms with van der Waals surface area (Å²) < 4.78 is 51.7. The van der Waals surface area contributed by atoms with E-state index in [1.165, 1.54) is 0 Å². The molecular formula is C10H11F4N3. The van der Waals surface area contributed by atoms with Crippen LogP contribution < -0.4 is 5.32 Å². The third-order valence-corrected chi connectivity index (χ3v) is 2.85. The van der Waals surface area contributed by atoms with Crippen molar-refractivity contribution < 1.29 is 17.6 Å². The van der Waals surface area contributed by atoms with Crippen molar-refractivity contribution >= 4 is 5.82 Å². The van der Waals surface area contributed by atoms with Crippen LogP contribution in [-0.4, -0.2) is 21.7 Å². The third kappa shape index (κ3) is 2.05. The van der Waals surface area contributed by atoms with Crippen molar-refractivity contribution in [2.45, 2.75) is 37.9 Å². The van der Waals surface area contributed by atoms with Crippen molar-refractivity contribution in [3.8, 4) is 0 Å². The summed E-state index contributed by atoms with van der Waals surface area (Å²) in [4.78, 5) is 7.19. The predicted molar refractivity (Wildman–Crippen MR) is 53.0 cm³/mol. The van der Waals surface area contributed by atoms with E-state index < -0.39 is 17.5 Å². The average Bonchev–Trinajstić information content (AvgIpc) is 3.01. The molecule has 0 atom stereocenters. The molecule has 94 valence electrons. The number of nitrogens with zero attached hydrogens (tertiary/aromatic N) is 2. The Hall–Kier alpha value is -1.40. The molecule has 1 N–H and O–H groups in total. The summed E-state index contributed by atoms with van der Waals surface area (Å²) in [6.07, 6.45) is -3.13. The molecule has 1 aliphatic carbocycles. The van der Waals surface area contributed by atoms with Gasteiger partial charge in [-0.1, -0.05) is 6.92 Å². The van der Waals surface area contributed by atoms with E-state index in [1.807, 2.05) is 0 Å². The zero-order valence-corrected chi connectivity index (χ0v) is 9.10. The van der Waals surface area contributed by atoms with Gasteiger partial charge in [0.2, 0.25) is 0 Å². The Morgan fingerprint density at radius 1 is 1.35 bits per heavy atom. The molecule has 1 fully saturated rings. The van der Waals surface area contributed by atoms with Crippen molar-refractivity contribution in [3.05, 3.63) is 17.8 Å². The summed E-state index contributed by atoms with van der Waals surface area (Å²) >= 11 is 0. The van der Waals surface area contributed by atoms with Crippen LogP contribution in [0, 0.1) is 5.82 Å². The number of alkyl halides is 3. The number of anilines is 1. The zero-order chi connectivity index (χ0) is 12.7. The smallest absolute Gasteiger partial charge is 0.354 e. The molecule has 0 unspecified atom stereocenters. The molecule has 1 heterocycles. The normalized spacial score (nSPS) is 17.9. The third-order valence-electron chi connectivity index (χ3n) is 2.85. The van der Waals surface area contributed by atoms with E-state index in [4.69, 9.17) is 0 Å². The second kappa shape index (κ2) is 3.82. The highest BCUT2D eigenvalue weighted by molar-refractivity contribution is 5.43. The van der Waals surface area contributed by atoms with Crippen molar-refractivity contribution in [1.29, 1.82) is 0 Å². The topological polar surface area (TPSA) is 37.8 Å². The van der Waals surface area contributed by atoms with Crippen molar-refractivity contribution in [3.63, 3.8) is 0 Å². The lowest BCUT2D eigenvalue weighted by atomic mass is 10.2. The fourth-order valence-corrected chi connectivity index (χ4v) is 1.57. The summed E-state index contributed by atoms with van der Waals surface area (Å²) in [5.74, 6) is -1.17. The van der Waals surface area contributed by atoms with Crippen LogP contribution in [-0.2, 0) is 6.42 Å². The lowest BCUT2D eigenvalue weighted by Gasteiger charge is -2.21. The van der Waals surface area contributed by atoms with Gasteiger partial charge >= 0.3 is 6.18 Å². The standard InChI is InChI=1S/C10H11F4N3/c1-2-6-7(11)8(16-5-15-6)17-9(3-4-9)10(12,13)14/h5H,2-4H2,1H3,(H,15,16,17). The SMILES string of the molecule is CCc1ncnc(NC2(C(F)(F)F)CC2)c1F. The van der Waals surface area contributed by atoms with Gasteiger partial charge in [0.25, 0.3) is 0 Å². The van der Waals surface area contributed by atoms with Crippen molar-refractivity contribution in [2.75, 3.05) is 5.32 Å². The Morgan fingerprint density at radius 3 is 2.47 bits per heavy atom. The van der Waals surface area contributed by atoms with Gasteiger partial charge in [0.15, 0.2) is 11.6 Å². The fraction of sp³-hybridized carbons (Fsp3) is 0.600. The van der Waals surface area contributed by atoms with Crippen LogP contribution in [0.5, 0.6) is 0 Å². The van der Waals surface area contributed by atoms with Gasteiger partial charge in [0, 0.05) is 0 Å². The highest BCUT2D eigenvalue weighted by Crippen LogP contribution is 2.51. The molecule has 0 amide bonds. The number of hydrogen-bond donors (Lipinski definition) is 1. The molecular weight excluding hydrogens is 238 g/mol. The number of halogens is 4. The molecule has 7 heteroatoms. The molecule has 0 aromatic carbocycles. The maximum Gasteiger partial charge on any atom is 0.411 e. The van der Waals surface area contributed by atoms with Gasteiger partial charge in [-0.05, 0) is 19.3 Å². The highest BCUT2D eigenvalue weighted by Gasteiger charge is 2.64. The van der Waals surface area contributed by atoms with E-state index in [1.54, 1.807) is 6.92 Å². The first-order valence-electron chi connectivity index (χ1n) is 5.24. The summed E-state index contributed by atoms with van der Waals surface area (Å²) in [5, 5.41) is 2.16. The van der Waals surface area contributed by atoms with E-state index in [9.17, 15) is 17.6 Å². The highest BCUT2D eigenvalue weighted by atomic mass is 19.4. The summed E-state index contributed by atoms with van der Waals surface area (Å²) in [5.41, 5.74) is -1.90. The van der Waals surface area contributed by atoms with Crippen LogP contribution in [0.4, 0.5) is 23.4 Å². The Balaban J connectivity index is 2.26. The number of rotatable bonds is 3. The molecule has 3 nitrogen and oxygen atoms in total. The maximum atomic E-state index is 13.7. The largest absolute Gasteiger partial charge is 0.411 e. The van der Waals surface area contributed by atoms with E-state index in [0.717, 1.165) is 6.33 Å². The Labute approximate surface area is 95.3 Å². The molecule has 0 spiro atoms. The van der Waals surface area contributed by atoms with Crippen LogP contribution in [0.1, 0.15) is 25.5 Å². The fourth-order valence-electron chi connectivity index (χ4n) is 1.57. The molecule has 1 saturated carbocycles. The van der Waals surface area contributed by atoms with Gasteiger partial charge in [-0.3, -0.25) is 0 Å². The molecule has 0 radical (unpaired) electrons. The second-order valence-corrected chi connectivity index (χ2v) is 4.04. The Morgan fingerprint density at radius 2 is 2.00 bits per heavy atom. The molecule has 0 aliphatic heterocycles. The molecule has 1 aromatic rings. The number of aromatic nitrogens is 2. The van der Waals surface area contributed by atoms with Gasteiger partial charge < -0.3 is 5.32 Å². The number of nitrogens with one attached hydrogen (secondary N) is 1. The molecule has 0 bridgehead atoms. The van der Waals surface area contributed by atoms with Crippen molar-refractivity contribution in [1.82, 2.24) is 9.97 Å². The van der Waals surface area contributed by atoms with Gasteiger partial charge in [-0.25, -0.2) is 14.4 Å². The Kier molecular flexibility index (Phi) is 2.71.